The number of esters is 2. The van der Waals surface area contributed by atoms with Gasteiger partial charge >= 0.3 is 11.9 Å². The van der Waals surface area contributed by atoms with E-state index in [2.05, 4.69) is 208 Å². The van der Waals surface area contributed by atoms with E-state index >= 15 is 0 Å². The Morgan fingerprint density at radius 2 is 0.519 bits per heavy atom. The number of carbonyl (C=O) groups excluding carboxylic acids is 2. The predicted molar refractivity (Wildman–Crippen MR) is 452 cm³/mol. The number of ether oxygens (including phenoxy) is 2. The van der Waals surface area contributed by atoms with Crippen molar-refractivity contribution in [2.45, 2.75) is 341 Å². The zero-order valence-corrected chi connectivity index (χ0v) is 68.3. The third-order valence-electron chi connectivity index (χ3n) is 17.6. The van der Waals surface area contributed by atoms with Crippen molar-refractivity contribution in [3.8, 4) is 0 Å². The number of likely N-dealkylation sites (N-methyl/N-ethyl adjacent to an activating group) is 1. The van der Waals surface area contributed by atoms with Crippen molar-refractivity contribution in [1.82, 2.24) is 0 Å². The summed E-state index contributed by atoms with van der Waals surface area (Å²) in [5, 5.41) is 0. The maximum Gasteiger partial charge on any atom is 0.306 e. The van der Waals surface area contributed by atoms with Crippen LogP contribution < -0.4 is 4.89 Å². The predicted octanol–water partition coefficient (Wildman–Crippen LogP) is 28.1. The van der Waals surface area contributed by atoms with Gasteiger partial charge in [-0.2, -0.15) is 0 Å². The lowest BCUT2D eigenvalue weighted by Gasteiger charge is -2.28. The first kappa shape index (κ1) is 98.8. The minimum absolute atomic E-state index is 0.0380. The number of hydrogen-bond donors (Lipinski definition) is 0. The normalized spacial score (nSPS) is 14.0. The average Bonchev–Trinajstić information content (AvgIpc) is 0.915. The van der Waals surface area contributed by atoms with Crippen LogP contribution in [0.3, 0.4) is 0 Å². The second-order valence-corrected chi connectivity index (χ2v) is 30.1. The first-order valence-corrected chi connectivity index (χ1v) is 43.6. The quantitative estimate of drug-likeness (QED) is 0.0195. The van der Waals surface area contributed by atoms with Crippen LogP contribution in [0.15, 0.2) is 194 Å². The molecule has 0 rings (SSSR count). The Morgan fingerprint density at radius 1 is 0.298 bits per heavy atom. The molecule has 0 N–H and O–H groups in total. The number of quaternary nitrogens is 1. The zero-order chi connectivity index (χ0) is 75.4. The smallest absolute Gasteiger partial charge is 0.306 e. The molecule has 0 amide bonds. The molecule has 0 aliphatic heterocycles. The monoisotopic (exact) mass is 1460 g/mol. The van der Waals surface area contributed by atoms with E-state index in [1.165, 1.54) is 154 Å². The van der Waals surface area contributed by atoms with Gasteiger partial charge in [-0.15, -0.1) is 0 Å². The largest absolute Gasteiger partial charge is 0.756 e. The van der Waals surface area contributed by atoms with Gasteiger partial charge in [-0.05, 0) is 141 Å². The zero-order valence-electron chi connectivity index (χ0n) is 67.4. The molecule has 2 unspecified atom stereocenters. The van der Waals surface area contributed by atoms with Crippen LogP contribution in [0.2, 0.25) is 0 Å². The molecule has 0 aromatic carbocycles. The van der Waals surface area contributed by atoms with Crippen LogP contribution >= 0.6 is 7.82 Å². The number of hydrogen-bond acceptors (Lipinski definition) is 8. The van der Waals surface area contributed by atoms with Gasteiger partial charge < -0.3 is 27.9 Å². The number of unbranched alkanes of at least 4 members (excludes halogenated alkanes) is 30. The van der Waals surface area contributed by atoms with Crippen molar-refractivity contribution >= 4 is 19.8 Å². The van der Waals surface area contributed by atoms with Gasteiger partial charge in [0.05, 0.1) is 27.7 Å². The molecule has 0 aliphatic carbocycles. The molecule has 9 nitrogen and oxygen atoms in total. The Bertz CT molecular complexity index is 2470. The number of phosphoric ester groups is 1. The standard InChI is InChI=1S/C94H156NO8P/c1-6-8-10-12-14-16-18-20-22-24-26-28-30-32-34-36-38-40-42-44-46-47-49-50-52-54-56-58-60-62-64-66-68-70-72-74-76-78-80-82-84-86-93(96)100-90-92(91-102-104(98,99)101-89-88-95(3,4)5)103-94(97)87-85-83-81-79-77-75-73-71-69-67-65-63-61-59-57-55-53-51-48-45-43-41-39-37-35-33-31-29-27-25-23-21-19-17-15-13-11-9-7-2/h8-11,14-17,20-23,26-29,32-35,38-41,44-46,48,53,55,59,61,92H,6-7,12-13,18-19,24-25,30-31,36-37,42-43,47,49-52,54,56-58,60,62-91H2,1-5H3/b10-8-,11-9-,16-14-,17-15-,22-20-,23-21-,28-26-,29-27-,34-32-,35-33-,40-38-,41-39-,46-44-,48-45-,55-53-,61-59-. The highest BCUT2D eigenvalue weighted by atomic mass is 31.2. The first-order chi connectivity index (χ1) is 51.0. The van der Waals surface area contributed by atoms with Gasteiger partial charge in [0.25, 0.3) is 7.82 Å². The van der Waals surface area contributed by atoms with Crippen molar-refractivity contribution in [3.05, 3.63) is 194 Å². The number of allylic oxidation sites excluding steroid dienone is 32. The molecular formula is C94H156NO8P. The van der Waals surface area contributed by atoms with Crippen LogP contribution in [-0.2, 0) is 32.7 Å². The number of rotatable bonds is 76. The van der Waals surface area contributed by atoms with Crippen molar-refractivity contribution in [2.75, 3.05) is 47.5 Å². The molecule has 0 spiro atoms. The van der Waals surface area contributed by atoms with E-state index in [4.69, 9.17) is 18.5 Å². The van der Waals surface area contributed by atoms with Crippen LogP contribution in [0.5, 0.6) is 0 Å². The molecule has 0 radical (unpaired) electrons. The van der Waals surface area contributed by atoms with Crippen molar-refractivity contribution in [1.29, 1.82) is 0 Å². The lowest BCUT2D eigenvalue weighted by molar-refractivity contribution is -0.870. The van der Waals surface area contributed by atoms with Gasteiger partial charge in [0.15, 0.2) is 6.10 Å². The second-order valence-electron chi connectivity index (χ2n) is 28.7. The van der Waals surface area contributed by atoms with Gasteiger partial charge in [-0.25, -0.2) is 0 Å². The minimum atomic E-state index is -4.66. The fourth-order valence-corrected chi connectivity index (χ4v) is 12.0. The molecule has 10 heteroatoms. The van der Waals surface area contributed by atoms with E-state index in [0.29, 0.717) is 17.4 Å². The van der Waals surface area contributed by atoms with Crippen molar-refractivity contribution < 1.29 is 42.1 Å². The average molecular weight is 1460 g/mol. The van der Waals surface area contributed by atoms with Gasteiger partial charge in [0, 0.05) is 12.8 Å². The van der Waals surface area contributed by atoms with E-state index < -0.39 is 26.5 Å². The van der Waals surface area contributed by atoms with Crippen LogP contribution in [0.4, 0.5) is 0 Å². The molecule has 104 heavy (non-hydrogen) atoms. The van der Waals surface area contributed by atoms with Gasteiger partial charge in [0.2, 0.25) is 0 Å². The Morgan fingerprint density at radius 3 is 0.769 bits per heavy atom. The summed E-state index contributed by atoms with van der Waals surface area (Å²) in [6, 6.07) is 0. The fourth-order valence-electron chi connectivity index (χ4n) is 11.3. The topological polar surface area (TPSA) is 111 Å². The summed E-state index contributed by atoms with van der Waals surface area (Å²) in [6.07, 6.45) is 127. The summed E-state index contributed by atoms with van der Waals surface area (Å²) < 4.78 is 34.4. The van der Waals surface area contributed by atoms with Crippen LogP contribution in [0.25, 0.3) is 0 Å². The summed E-state index contributed by atoms with van der Waals surface area (Å²) in [5.74, 6) is -0.835. The van der Waals surface area contributed by atoms with E-state index in [1.54, 1.807) is 0 Å². The number of nitrogens with zero attached hydrogens (tertiary/aromatic N) is 1. The fraction of sp³-hybridized carbons (Fsp3) is 0.638. The molecule has 0 aliphatic rings. The van der Waals surface area contributed by atoms with E-state index in [9.17, 15) is 19.0 Å². The maximum atomic E-state index is 12.9. The highest BCUT2D eigenvalue weighted by Crippen LogP contribution is 2.38. The lowest BCUT2D eigenvalue weighted by Crippen LogP contribution is -2.37. The van der Waals surface area contributed by atoms with Gasteiger partial charge in [-0.1, -0.05) is 375 Å². The summed E-state index contributed by atoms with van der Waals surface area (Å²) in [7, 11) is 1.16. The molecule has 590 valence electrons. The summed E-state index contributed by atoms with van der Waals surface area (Å²) in [5.41, 5.74) is 0. The Kier molecular flexibility index (Phi) is 77.9. The van der Waals surface area contributed by atoms with Gasteiger partial charge in [-0.3, -0.25) is 14.2 Å². The molecule has 0 fully saturated rings. The lowest BCUT2D eigenvalue weighted by atomic mass is 10.0. The van der Waals surface area contributed by atoms with E-state index in [1.807, 2.05) is 21.1 Å². The molecule has 0 aromatic heterocycles. The molecule has 0 aromatic rings. The Hall–Kier alpha value is -5.15. The van der Waals surface area contributed by atoms with Gasteiger partial charge in [0.1, 0.15) is 19.8 Å². The molecule has 0 saturated carbocycles. The van der Waals surface area contributed by atoms with Crippen LogP contribution in [-0.4, -0.2) is 70.0 Å². The summed E-state index contributed by atoms with van der Waals surface area (Å²) in [4.78, 5) is 38.2. The summed E-state index contributed by atoms with van der Waals surface area (Å²) in [6.45, 7) is 4.02. The van der Waals surface area contributed by atoms with Crippen molar-refractivity contribution in [2.24, 2.45) is 0 Å². The Balaban J connectivity index is 4.00. The summed E-state index contributed by atoms with van der Waals surface area (Å²) >= 11 is 0. The third kappa shape index (κ3) is 85.8. The molecule has 0 bridgehead atoms. The maximum absolute atomic E-state index is 12.9. The first-order valence-electron chi connectivity index (χ1n) is 42.1. The number of carbonyl (C=O) groups is 2. The van der Waals surface area contributed by atoms with E-state index in [0.717, 1.165) is 148 Å². The molecule has 2 atom stereocenters. The molecule has 0 saturated heterocycles. The van der Waals surface area contributed by atoms with Crippen LogP contribution in [0, 0.1) is 0 Å². The molecule has 0 heterocycles. The SMILES string of the molecule is CC/C=C\C/C=C\C/C=C\C/C=C\C/C=C\C/C=C\C/C=C\C/C=C\C/C=C\CCCCCCCCCCCCCC(=O)OC(COC(=O)CCCCCCCCCCCCCCCCCCCCC/C=C\C/C=C\C/C=C\C/C=C\C/C=C\C/C=C\C/C=C\CC)COP(=O)([O-])OCC[N+](C)(C)C. The minimum Gasteiger partial charge on any atom is -0.756 e. The van der Waals surface area contributed by atoms with Crippen molar-refractivity contribution in [3.63, 3.8) is 0 Å². The number of phosphoric acid groups is 1. The Labute approximate surface area is 641 Å². The molecular weight excluding hydrogens is 1300 g/mol. The van der Waals surface area contributed by atoms with Crippen LogP contribution in [0.1, 0.15) is 335 Å². The van der Waals surface area contributed by atoms with E-state index in [-0.39, 0.29) is 32.0 Å². The highest BCUT2D eigenvalue weighted by molar-refractivity contribution is 7.45. The third-order valence-corrected chi connectivity index (χ3v) is 18.6. The second kappa shape index (κ2) is 81.9. The highest BCUT2D eigenvalue weighted by Gasteiger charge is 2.22.